The zero-order valence-corrected chi connectivity index (χ0v) is 6.89. The van der Waals surface area contributed by atoms with Gasteiger partial charge in [-0.15, -0.1) is 0 Å². The van der Waals surface area contributed by atoms with Crippen molar-refractivity contribution >= 4 is 21.8 Å². The Kier molecular flexibility index (Phi) is 2.51. The van der Waals surface area contributed by atoms with Gasteiger partial charge in [0.25, 0.3) is 0 Å². The summed E-state index contributed by atoms with van der Waals surface area (Å²) in [6, 6.07) is 0. The normalized spacial score (nSPS) is 27.7. The molecule has 2 N–H and O–H groups in total. The highest BCUT2D eigenvalue weighted by atomic mass is 79.9. The smallest absolute Gasteiger partial charge is 0.0940 e. The maximum absolute atomic E-state index is 5.53. The van der Waals surface area contributed by atoms with Crippen molar-refractivity contribution in [3.63, 3.8) is 0 Å². The second-order valence-corrected chi connectivity index (χ2v) is 3.03. The van der Waals surface area contributed by atoms with Crippen LogP contribution < -0.4 is 5.73 Å². The Morgan fingerprint density at radius 3 is 3.00 bits per heavy atom. The van der Waals surface area contributed by atoms with Crippen molar-refractivity contribution < 1.29 is 0 Å². The van der Waals surface area contributed by atoms with E-state index in [0.717, 1.165) is 30.0 Å². The molecule has 0 amide bonds. The van der Waals surface area contributed by atoms with E-state index in [0.29, 0.717) is 0 Å². The summed E-state index contributed by atoms with van der Waals surface area (Å²) in [5.74, 6) is 1.55. The number of aliphatic imine (C=N–C) groups is 1. The van der Waals surface area contributed by atoms with Gasteiger partial charge < -0.3 is 5.73 Å². The SMILES string of the molecule is NC1=NCCC(CBr)C1. The van der Waals surface area contributed by atoms with Crippen LogP contribution in [0.5, 0.6) is 0 Å². The molecule has 1 unspecified atom stereocenters. The molecule has 3 heteroatoms. The zero-order valence-electron chi connectivity index (χ0n) is 5.31. The van der Waals surface area contributed by atoms with Crippen LogP contribution in [0.15, 0.2) is 4.99 Å². The van der Waals surface area contributed by atoms with Crippen molar-refractivity contribution in [1.82, 2.24) is 0 Å². The summed E-state index contributed by atoms with van der Waals surface area (Å²) < 4.78 is 0. The van der Waals surface area contributed by atoms with Crippen molar-refractivity contribution in [3.8, 4) is 0 Å². The van der Waals surface area contributed by atoms with Gasteiger partial charge in [-0.2, -0.15) is 0 Å². The first-order chi connectivity index (χ1) is 4.33. The van der Waals surface area contributed by atoms with E-state index >= 15 is 0 Å². The van der Waals surface area contributed by atoms with E-state index in [9.17, 15) is 0 Å². The molecule has 0 aliphatic carbocycles. The number of halogens is 1. The van der Waals surface area contributed by atoms with Crippen LogP contribution in [0.1, 0.15) is 12.8 Å². The molecular weight excluding hydrogens is 180 g/mol. The zero-order chi connectivity index (χ0) is 6.69. The van der Waals surface area contributed by atoms with Gasteiger partial charge in [-0.3, -0.25) is 4.99 Å². The first-order valence-corrected chi connectivity index (χ1v) is 4.30. The lowest BCUT2D eigenvalue weighted by molar-refractivity contribution is 0.550. The summed E-state index contributed by atoms with van der Waals surface area (Å²) >= 11 is 3.43. The maximum atomic E-state index is 5.53. The highest BCUT2D eigenvalue weighted by molar-refractivity contribution is 9.09. The minimum absolute atomic E-state index is 0.725. The number of hydrogen-bond acceptors (Lipinski definition) is 2. The van der Waals surface area contributed by atoms with Crippen LogP contribution in [0.3, 0.4) is 0 Å². The molecule has 1 atom stereocenters. The Morgan fingerprint density at radius 1 is 1.78 bits per heavy atom. The monoisotopic (exact) mass is 190 g/mol. The molecule has 0 bridgehead atoms. The molecular formula is C6H11BrN2. The van der Waals surface area contributed by atoms with Crippen LogP contribution in [0, 0.1) is 5.92 Å². The summed E-state index contributed by atoms with van der Waals surface area (Å²) in [6.45, 7) is 0.919. The average Bonchev–Trinajstić information content (AvgIpc) is 1.88. The lowest BCUT2D eigenvalue weighted by Gasteiger charge is -2.16. The number of nitrogens with zero attached hydrogens (tertiary/aromatic N) is 1. The van der Waals surface area contributed by atoms with Crippen LogP contribution in [-0.2, 0) is 0 Å². The lowest BCUT2D eigenvalue weighted by Crippen LogP contribution is -2.23. The molecule has 0 aromatic rings. The maximum Gasteiger partial charge on any atom is 0.0940 e. The molecule has 9 heavy (non-hydrogen) atoms. The van der Waals surface area contributed by atoms with Crippen LogP contribution in [0.2, 0.25) is 0 Å². The summed E-state index contributed by atoms with van der Waals surface area (Å²) in [5.41, 5.74) is 5.53. The van der Waals surface area contributed by atoms with E-state index in [4.69, 9.17) is 5.73 Å². The molecule has 0 aromatic carbocycles. The van der Waals surface area contributed by atoms with Gasteiger partial charge in [0.1, 0.15) is 0 Å². The number of alkyl halides is 1. The second kappa shape index (κ2) is 3.20. The van der Waals surface area contributed by atoms with Crippen LogP contribution in [0.4, 0.5) is 0 Å². The largest absolute Gasteiger partial charge is 0.387 e. The first-order valence-electron chi connectivity index (χ1n) is 3.17. The number of hydrogen-bond donors (Lipinski definition) is 1. The van der Waals surface area contributed by atoms with Crippen molar-refractivity contribution in [3.05, 3.63) is 0 Å². The summed E-state index contributed by atoms with van der Waals surface area (Å²) in [6.07, 6.45) is 2.16. The molecule has 1 aliphatic heterocycles. The molecule has 0 fully saturated rings. The number of amidine groups is 1. The summed E-state index contributed by atoms with van der Waals surface area (Å²) in [5, 5.41) is 1.06. The van der Waals surface area contributed by atoms with E-state index in [-0.39, 0.29) is 0 Å². The Hall–Kier alpha value is -0.0500. The minimum Gasteiger partial charge on any atom is -0.387 e. The van der Waals surface area contributed by atoms with E-state index in [1.165, 1.54) is 6.42 Å². The van der Waals surface area contributed by atoms with E-state index in [1.807, 2.05) is 0 Å². The average molecular weight is 191 g/mol. The third kappa shape index (κ3) is 1.97. The Bertz CT molecular complexity index is 122. The summed E-state index contributed by atoms with van der Waals surface area (Å²) in [7, 11) is 0. The van der Waals surface area contributed by atoms with Crippen molar-refractivity contribution in [2.24, 2.45) is 16.6 Å². The van der Waals surface area contributed by atoms with Crippen LogP contribution >= 0.6 is 15.9 Å². The fourth-order valence-electron chi connectivity index (χ4n) is 0.985. The van der Waals surface area contributed by atoms with Gasteiger partial charge in [-0.25, -0.2) is 0 Å². The predicted octanol–water partition coefficient (Wildman–Crippen LogP) is 1.15. The quantitative estimate of drug-likeness (QED) is 0.620. The fourth-order valence-corrected chi connectivity index (χ4v) is 1.54. The van der Waals surface area contributed by atoms with Crippen molar-refractivity contribution in [2.45, 2.75) is 12.8 Å². The van der Waals surface area contributed by atoms with E-state index in [2.05, 4.69) is 20.9 Å². The number of rotatable bonds is 1. The summed E-state index contributed by atoms with van der Waals surface area (Å²) in [4.78, 5) is 4.10. The van der Waals surface area contributed by atoms with Gasteiger partial charge >= 0.3 is 0 Å². The molecule has 0 saturated heterocycles. The van der Waals surface area contributed by atoms with Crippen molar-refractivity contribution in [1.29, 1.82) is 0 Å². The fraction of sp³-hybridized carbons (Fsp3) is 0.833. The lowest BCUT2D eigenvalue weighted by atomic mass is 10.0. The Balaban J connectivity index is 2.39. The molecule has 1 rings (SSSR count). The minimum atomic E-state index is 0.725. The molecule has 0 saturated carbocycles. The molecule has 1 aliphatic rings. The second-order valence-electron chi connectivity index (χ2n) is 2.39. The molecule has 0 radical (unpaired) electrons. The van der Waals surface area contributed by atoms with Crippen molar-refractivity contribution in [2.75, 3.05) is 11.9 Å². The van der Waals surface area contributed by atoms with Crippen LogP contribution in [-0.4, -0.2) is 17.7 Å². The van der Waals surface area contributed by atoms with E-state index < -0.39 is 0 Å². The topological polar surface area (TPSA) is 38.4 Å². The number of nitrogens with two attached hydrogens (primary N) is 1. The molecule has 0 spiro atoms. The molecule has 2 nitrogen and oxygen atoms in total. The van der Waals surface area contributed by atoms with Gasteiger partial charge in [-0.1, -0.05) is 15.9 Å². The molecule has 52 valence electrons. The van der Waals surface area contributed by atoms with Gasteiger partial charge in [0, 0.05) is 18.3 Å². The first kappa shape index (κ1) is 7.06. The molecule has 0 aromatic heterocycles. The van der Waals surface area contributed by atoms with Gasteiger partial charge in [-0.05, 0) is 12.3 Å². The third-order valence-corrected chi connectivity index (χ3v) is 2.48. The Morgan fingerprint density at radius 2 is 2.56 bits per heavy atom. The standard InChI is InChI=1S/C6H11BrN2/c7-4-5-1-2-9-6(8)3-5/h5H,1-4H2,(H2,8,9). The van der Waals surface area contributed by atoms with Gasteiger partial charge in [0.05, 0.1) is 5.84 Å². The predicted molar refractivity (Wildman–Crippen MR) is 43.0 cm³/mol. The molecule has 1 heterocycles. The highest BCUT2D eigenvalue weighted by Crippen LogP contribution is 2.15. The third-order valence-electron chi connectivity index (χ3n) is 1.57. The highest BCUT2D eigenvalue weighted by Gasteiger charge is 2.12. The van der Waals surface area contributed by atoms with Gasteiger partial charge in [0.15, 0.2) is 0 Å². The Labute approximate surface area is 63.7 Å². The van der Waals surface area contributed by atoms with Gasteiger partial charge in [0.2, 0.25) is 0 Å². The van der Waals surface area contributed by atoms with Crippen LogP contribution in [0.25, 0.3) is 0 Å². The van der Waals surface area contributed by atoms with E-state index in [1.54, 1.807) is 0 Å².